The van der Waals surface area contributed by atoms with E-state index in [4.69, 9.17) is 16.3 Å². The molecule has 0 unspecified atom stereocenters. The highest BCUT2D eigenvalue weighted by atomic mass is 35.5. The van der Waals surface area contributed by atoms with Gasteiger partial charge in [0.15, 0.2) is 0 Å². The van der Waals surface area contributed by atoms with Gasteiger partial charge >= 0.3 is 0 Å². The Bertz CT molecular complexity index is 695. The number of anilines is 1. The lowest BCUT2D eigenvalue weighted by molar-refractivity contribution is 0.0925. The van der Waals surface area contributed by atoms with Crippen LogP contribution in [0.4, 0.5) is 5.69 Å². The highest BCUT2D eigenvalue weighted by Crippen LogP contribution is 2.36. The Kier molecular flexibility index (Phi) is 2.91. The number of halogens is 1. The summed E-state index contributed by atoms with van der Waals surface area (Å²) in [4.78, 5) is 29.6. The zero-order valence-corrected chi connectivity index (χ0v) is 11.2. The van der Waals surface area contributed by atoms with Crippen molar-refractivity contribution in [3.63, 3.8) is 0 Å². The van der Waals surface area contributed by atoms with E-state index in [2.05, 4.69) is 4.98 Å². The van der Waals surface area contributed by atoms with Crippen molar-refractivity contribution in [3.8, 4) is 5.75 Å². The number of ether oxygens (including phenoxy) is 1. The number of hydrogen-bond acceptors (Lipinski definition) is 4. The first-order chi connectivity index (χ1) is 9.63. The summed E-state index contributed by atoms with van der Waals surface area (Å²) in [6.07, 6.45) is 2.86. The van der Waals surface area contributed by atoms with Gasteiger partial charge in [-0.2, -0.15) is 0 Å². The van der Waals surface area contributed by atoms with Gasteiger partial charge in [-0.05, 0) is 24.3 Å². The molecule has 3 rings (SSSR count). The molecule has 0 spiro atoms. The van der Waals surface area contributed by atoms with Crippen molar-refractivity contribution >= 4 is 29.1 Å². The number of rotatable bonds is 2. The van der Waals surface area contributed by atoms with Crippen LogP contribution >= 0.6 is 11.6 Å². The quantitative estimate of drug-likeness (QED) is 0.797. The van der Waals surface area contributed by atoms with E-state index < -0.39 is 11.8 Å². The first kappa shape index (κ1) is 12.6. The number of carbonyl (C=O) groups is 2. The number of benzene rings is 1. The van der Waals surface area contributed by atoms with Crippen LogP contribution in [0.3, 0.4) is 0 Å². The predicted molar refractivity (Wildman–Crippen MR) is 73.4 cm³/mol. The average molecular weight is 289 g/mol. The topological polar surface area (TPSA) is 59.5 Å². The van der Waals surface area contributed by atoms with Gasteiger partial charge in [-0.1, -0.05) is 11.6 Å². The molecule has 2 aromatic rings. The maximum Gasteiger partial charge on any atom is 0.267 e. The first-order valence-electron chi connectivity index (χ1n) is 5.80. The Balaban J connectivity index is 2.16. The highest BCUT2D eigenvalue weighted by molar-refractivity contribution is 6.36. The molecule has 20 heavy (non-hydrogen) atoms. The number of amides is 2. The fourth-order valence-corrected chi connectivity index (χ4v) is 2.31. The van der Waals surface area contributed by atoms with Gasteiger partial charge in [0.05, 0.1) is 23.9 Å². The van der Waals surface area contributed by atoms with Crippen LogP contribution in [0.2, 0.25) is 5.02 Å². The second-order valence-electron chi connectivity index (χ2n) is 4.18. The minimum Gasteiger partial charge on any atom is -0.495 e. The van der Waals surface area contributed by atoms with Crippen LogP contribution in [0.25, 0.3) is 0 Å². The number of pyridine rings is 1. The molecular formula is C14H9ClN2O3. The fraction of sp³-hybridized carbons (Fsp3) is 0.0714. The van der Waals surface area contributed by atoms with E-state index in [1.54, 1.807) is 12.1 Å². The summed E-state index contributed by atoms with van der Waals surface area (Å²) in [5, 5.41) is 0.412. The van der Waals surface area contributed by atoms with E-state index in [0.29, 0.717) is 22.0 Å². The zero-order chi connectivity index (χ0) is 14.3. The van der Waals surface area contributed by atoms with Gasteiger partial charge in [0.2, 0.25) is 0 Å². The molecule has 0 saturated heterocycles. The molecule has 0 fully saturated rings. The summed E-state index contributed by atoms with van der Waals surface area (Å²) in [7, 11) is 1.46. The zero-order valence-electron chi connectivity index (χ0n) is 10.5. The SMILES string of the molecule is COc1ccc(Cl)cc1N1C(=O)c2ccncc2C1=O. The third-order valence-corrected chi connectivity index (χ3v) is 3.30. The molecule has 2 heterocycles. The largest absolute Gasteiger partial charge is 0.495 e. The van der Waals surface area contributed by atoms with E-state index in [9.17, 15) is 9.59 Å². The molecule has 2 amide bonds. The van der Waals surface area contributed by atoms with Gasteiger partial charge in [-0.25, -0.2) is 4.90 Å². The molecule has 1 aliphatic rings. The van der Waals surface area contributed by atoms with Crippen molar-refractivity contribution in [1.29, 1.82) is 0 Å². The number of aromatic nitrogens is 1. The maximum atomic E-state index is 12.4. The van der Waals surface area contributed by atoms with Crippen molar-refractivity contribution in [2.24, 2.45) is 0 Å². The van der Waals surface area contributed by atoms with Gasteiger partial charge in [-0.15, -0.1) is 0 Å². The number of methoxy groups -OCH3 is 1. The lowest BCUT2D eigenvalue weighted by atomic mass is 10.2. The van der Waals surface area contributed by atoms with Crippen molar-refractivity contribution in [2.45, 2.75) is 0 Å². The monoisotopic (exact) mass is 288 g/mol. The summed E-state index contributed by atoms with van der Waals surface area (Å²) in [6, 6.07) is 6.28. The summed E-state index contributed by atoms with van der Waals surface area (Å²) < 4.78 is 5.19. The van der Waals surface area contributed by atoms with Crippen LogP contribution in [0, 0.1) is 0 Å². The maximum absolute atomic E-state index is 12.4. The lowest BCUT2D eigenvalue weighted by Crippen LogP contribution is -2.29. The second-order valence-corrected chi connectivity index (χ2v) is 4.62. The van der Waals surface area contributed by atoms with Gasteiger partial charge in [0.1, 0.15) is 5.75 Å². The smallest absolute Gasteiger partial charge is 0.267 e. The average Bonchev–Trinajstić information content (AvgIpc) is 2.71. The standard InChI is InChI=1S/C14H9ClN2O3/c1-20-12-3-2-8(15)6-11(12)17-13(18)9-4-5-16-7-10(9)14(17)19/h2-7H,1H3. The number of imide groups is 1. The molecule has 0 atom stereocenters. The Labute approximate surface area is 119 Å². The first-order valence-corrected chi connectivity index (χ1v) is 6.17. The van der Waals surface area contributed by atoms with Crippen LogP contribution in [0.1, 0.15) is 20.7 Å². The van der Waals surface area contributed by atoms with Gasteiger partial charge in [0.25, 0.3) is 11.8 Å². The Hall–Kier alpha value is -2.40. The van der Waals surface area contributed by atoms with Crippen molar-refractivity contribution < 1.29 is 14.3 Å². The molecule has 5 nitrogen and oxygen atoms in total. The highest BCUT2D eigenvalue weighted by Gasteiger charge is 2.38. The van der Waals surface area contributed by atoms with Crippen molar-refractivity contribution in [3.05, 3.63) is 52.8 Å². The summed E-state index contributed by atoms with van der Waals surface area (Å²) >= 11 is 5.94. The van der Waals surface area contributed by atoms with Crippen molar-refractivity contribution in [2.75, 3.05) is 12.0 Å². The Morgan fingerprint density at radius 1 is 1.15 bits per heavy atom. The third-order valence-electron chi connectivity index (χ3n) is 3.07. The van der Waals surface area contributed by atoms with Gasteiger partial charge in [0, 0.05) is 17.4 Å². The lowest BCUT2D eigenvalue weighted by Gasteiger charge is -2.17. The van der Waals surface area contributed by atoms with E-state index >= 15 is 0 Å². The molecule has 0 bridgehead atoms. The fourth-order valence-electron chi connectivity index (χ4n) is 2.14. The van der Waals surface area contributed by atoms with E-state index in [1.807, 2.05) is 0 Å². The number of nitrogens with zero attached hydrogens (tertiary/aromatic N) is 2. The van der Waals surface area contributed by atoms with Crippen molar-refractivity contribution in [1.82, 2.24) is 4.98 Å². The molecule has 1 aliphatic heterocycles. The summed E-state index contributed by atoms with van der Waals surface area (Å²) in [6.45, 7) is 0. The summed E-state index contributed by atoms with van der Waals surface area (Å²) in [5.74, 6) is -0.441. The molecule has 1 aromatic heterocycles. The van der Waals surface area contributed by atoms with Crippen LogP contribution in [-0.2, 0) is 0 Å². The third kappa shape index (κ3) is 1.75. The molecule has 6 heteroatoms. The number of fused-ring (bicyclic) bond motifs is 1. The summed E-state index contributed by atoms with van der Waals surface area (Å²) in [5.41, 5.74) is 0.928. The van der Waals surface area contributed by atoms with Crippen LogP contribution < -0.4 is 9.64 Å². The Morgan fingerprint density at radius 2 is 1.90 bits per heavy atom. The Morgan fingerprint density at radius 3 is 2.60 bits per heavy atom. The molecule has 1 aromatic carbocycles. The predicted octanol–water partition coefficient (Wildman–Crippen LogP) is 2.54. The molecule has 0 saturated carbocycles. The van der Waals surface area contributed by atoms with E-state index in [-0.39, 0.29) is 5.56 Å². The van der Waals surface area contributed by atoms with Crippen LogP contribution in [0.5, 0.6) is 5.75 Å². The van der Waals surface area contributed by atoms with E-state index in [1.165, 1.54) is 31.6 Å². The van der Waals surface area contributed by atoms with Crippen LogP contribution in [0.15, 0.2) is 36.7 Å². The second kappa shape index (κ2) is 4.61. The number of hydrogen-bond donors (Lipinski definition) is 0. The molecular weight excluding hydrogens is 280 g/mol. The van der Waals surface area contributed by atoms with Crippen LogP contribution in [-0.4, -0.2) is 23.9 Å². The number of carbonyl (C=O) groups excluding carboxylic acids is 2. The minimum absolute atomic E-state index is 0.277. The normalized spacial score (nSPS) is 13.6. The molecule has 0 aliphatic carbocycles. The van der Waals surface area contributed by atoms with Gasteiger partial charge < -0.3 is 4.74 Å². The molecule has 0 radical (unpaired) electrons. The minimum atomic E-state index is -0.432. The van der Waals surface area contributed by atoms with Gasteiger partial charge in [-0.3, -0.25) is 14.6 Å². The molecule has 0 N–H and O–H groups in total. The molecule has 100 valence electrons. The van der Waals surface area contributed by atoms with E-state index in [0.717, 1.165) is 4.90 Å².